The Hall–Kier alpha value is -1.61. The van der Waals surface area contributed by atoms with E-state index < -0.39 is 0 Å². The molecule has 0 aromatic heterocycles. The Kier molecular flexibility index (Phi) is 4.84. The summed E-state index contributed by atoms with van der Waals surface area (Å²) in [5.74, 6) is -0.0467. The van der Waals surface area contributed by atoms with Gasteiger partial charge in [-0.3, -0.25) is 4.79 Å². The van der Waals surface area contributed by atoms with Gasteiger partial charge in [-0.2, -0.15) is 0 Å². The maximum absolute atomic E-state index is 12.4. The fourth-order valence-electron chi connectivity index (χ4n) is 2.20. The summed E-state index contributed by atoms with van der Waals surface area (Å²) in [6, 6.07) is 16.0. The fourth-order valence-corrected chi connectivity index (χ4v) is 2.63. The lowest BCUT2D eigenvalue weighted by Crippen LogP contribution is -2.36. The van der Waals surface area contributed by atoms with Crippen LogP contribution in [-0.2, 0) is 5.41 Å². The second-order valence-electron chi connectivity index (χ2n) is 5.92. The molecule has 0 aliphatic carbocycles. The van der Waals surface area contributed by atoms with E-state index in [2.05, 4.69) is 47.2 Å². The topological polar surface area (TPSA) is 29.1 Å². The highest BCUT2D eigenvalue weighted by atomic mass is 79.9. The van der Waals surface area contributed by atoms with Crippen LogP contribution in [0.1, 0.15) is 35.3 Å². The van der Waals surface area contributed by atoms with E-state index >= 15 is 0 Å². The summed E-state index contributed by atoms with van der Waals surface area (Å²) in [5, 5.41) is 3.04. The molecule has 0 saturated heterocycles. The van der Waals surface area contributed by atoms with Gasteiger partial charge >= 0.3 is 0 Å². The summed E-state index contributed by atoms with van der Waals surface area (Å²) in [7, 11) is 0. The number of amides is 1. The highest BCUT2D eigenvalue weighted by Gasteiger charge is 2.21. The third-order valence-electron chi connectivity index (χ3n) is 3.61. The van der Waals surface area contributed by atoms with Gasteiger partial charge < -0.3 is 5.32 Å². The first-order chi connectivity index (χ1) is 9.90. The molecular weight excluding hydrogens is 326 g/mol. The summed E-state index contributed by atoms with van der Waals surface area (Å²) in [4.78, 5) is 12.4. The normalized spacial score (nSPS) is 11.2. The van der Waals surface area contributed by atoms with Crippen molar-refractivity contribution in [2.45, 2.75) is 26.2 Å². The van der Waals surface area contributed by atoms with Crippen LogP contribution in [0.5, 0.6) is 0 Å². The number of carbonyl (C=O) groups is 1. The highest BCUT2D eigenvalue weighted by molar-refractivity contribution is 9.10. The molecular formula is C18H20BrNO. The Labute approximate surface area is 134 Å². The minimum atomic E-state index is -0.104. The number of hydrogen-bond donors (Lipinski definition) is 1. The zero-order valence-electron chi connectivity index (χ0n) is 12.6. The molecule has 0 fully saturated rings. The Morgan fingerprint density at radius 3 is 2.48 bits per heavy atom. The number of benzene rings is 2. The molecule has 0 radical (unpaired) electrons. The monoisotopic (exact) mass is 345 g/mol. The molecule has 0 aliphatic heterocycles. The lowest BCUT2D eigenvalue weighted by Gasteiger charge is -2.25. The molecule has 3 heteroatoms. The van der Waals surface area contributed by atoms with E-state index in [1.165, 1.54) is 5.56 Å². The van der Waals surface area contributed by atoms with Crippen molar-refractivity contribution in [2.75, 3.05) is 6.54 Å². The average molecular weight is 346 g/mol. The van der Waals surface area contributed by atoms with Crippen molar-refractivity contribution in [3.8, 4) is 0 Å². The first-order valence-corrected chi connectivity index (χ1v) is 7.79. The largest absolute Gasteiger partial charge is 0.351 e. The number of hydrogen-bond acceptors (Lipinski definition) is 1. The van der Waals surface area contributed by atoms with Crippen molar-refractivity contribution in [2.24, 2.45) is 0 Å². The summed E-state index contributed by atoms with van der Waals surface area (Å²) < 4.78 is 0.822. The van der Waals surface area contributed by atoms with E-state index in [4.69, 9.17) is 0 Å². The van der Waals surface area contributed by atoms with Crippen LogP contribution in [0.15, 0.2) is 53.0 Å². The van der Waals surface area contributed by atoms with Crippen molar-refractivity contribution in [1.29, 1.82) is 0 Å². The molecule has 21 heavy (non-hydrogen) atoms. The number of aryl methyl sites for hydroxylation is 1. The maximum Gasteiger partial charge on any atom is 0.252 e. The van der Waals surface area contributed by atoms with E-state index in [1.54, 1.807) is 0 Å². The van der Waals surface area contributed by atoms with E-state index in [0.717, 1.165) is 10.0 Å². The average Bonchev–Trinajstić information content (AvgIpc) is 2.48. The van der Waals surface area contributed by atoms with Gasteiger partial charge in [0.25, 0.3) is 5.91 Å². The summed E-state index contributed by atoms with van der Waals surface area (Å²) in [5.41, 5.74) is 2.87. The fraction of sp³-hybridized carbons (Fsp3) is 0.278. The Bertz CT molecular complexity index is 635. The molecule has 2 aromatic carbocycles. The summed E-state index contributed by atoms with van der Waals surface area (Å²) >= 11 is 3.44. The minimum Gasteiger partial charge on any atom is -0.351 e. The Balaban J connectivity index is 2.09. The van der Waals surface area contributed by atoms with Gasteiger partial charge in [0.2, 0.25) is 0 Å². The molecule has 0 atom stereocenters. The lowest BCUT2D eigenvalue weighted by atomic mass is 9.84. The van der Waals surface area contributed by atoms with Crippen molar-refractivity contribution >= 4 is 21.8 Å². The van der Waals surface area contributed by atoms with E-state index in [0.29, 0.717) is 12.1 Å². The minimum absolute atomic E-state index is 0.0467. The third-order valence-corrected chi connectivity index (χ3v) is 4.30. The second-order valence-corrected chi connectivity index (χ2v) is 6.77. The molecule has 0 spiro atoms. The Morgan fingerprint density at radius 1 is 1.14 bits per heavy atom. The number of halogens is 1. The smallest absolute Gasteiger partial charge is 0.252 e. The molecule has 110 valence electrons. The van der Waals surface area contributed by atoms with Crippen LogP contribution < -0.4 is 5.32 Å². The first kappa shape index (κ1) is 15.8. The SMILES string of the molecule is Cc1ccc(Br)c(C(=O)NCC(C)(C)c2ccccc2)c1. The Morgan fingerprint density at radius 2 is 1.81 bits per heavy atom. The van der Waals surface area contributed by atoms with Gasteiger partial charge in [-0.05, 0) is 40.5 Å². The lowest BCUT2D eigenvalue weighted by molar-refractivity contribution is 0.0945. The van der Waals surface area contributed by atoms with Gasteiger partial charge in [0.05, 0.1) is 5.56 Å². The number of carbonyl (C=O) groups excluding carboxylic acids is 1. The quantitative estimate of drug-likeness (QED) is 0.870. The van der Waals surface area contributed by atoms with E-state index in [1.807, 2.05) is 43.3 Å². The van der Waals surface area contributed by atoms with Crippen molar-refractivity contribution in [1.82, 2.24) is 5.32 Å². The highest BCUT2D eigenvalue weighted by Crippen LogP contribution is 2.23. The van der Waals surface area contributed by atoms with Gasteiger partial charge in [0.1, 0.15) is 0 Å². The third kappa shape index (κ3) is 3.94. The molecule has 0 bridgehead atoms. The summed E-state index contributed by atoms with van der Waals surface area (Å²) in [6.07, 6.45) is 0. The van der Waals surface area contributed by atoms with Gasteiger partial charge in [-0.1, -0.05) is 55.8 Å². The van der Waals surface area contributed by atoms with Crippen LogP contribution in [0, 0.1) is 6.92 Å². The van der Waals surface area contributed by atoms with Crippen LogP contribution in [0.3, 0.4) is 0 Å². The molecule has 2 nitrogen and oxygen atoms in total. The van der Waals surface area contributed by atoms with Crippen LogP contribution in [0.4, 0.5) is 0 Å². The number of nitrogens with one attached hydrogen (secondary N) is 1. The van der Waals surface area contributed by atoms with E-state index in [9.17, 15) is 4.79 Å². The van der Waals surface area contributed by atoms with Gasteiger partial charge in [0, 0.05) is 16.4 Å². The van der Waals surface area contributed by atoms with Crippen LogP contribution >= 0.6 is 15.9 Å². The zero-order valence-corrected chi connectivity index (χ0v) is 14.2. The second kappa shape index (κ2) is 6.44. The van der Waals surface area contributed by atoms with Gasteiger partial charge in [-0.15, -0.1) is 0 Å². The van der Waals surface area contributed by atoms with Crippen molar-refractivity contribution in [3.05, 3.63) is 69.7 Å². The van der Waals surface area contributed by atoms with Gasteiger partial charge in [-0.25, -0.2) is 0 Å². The first-order valence-electron chi connectivity index (χ1n) is 7.00. The summed E-state index contributed by atoms with van der Waals surface area (Å²) in [6.45, 7) is 6.84. The molecule has 1 N–H and O–H groups in total. The van der Waals surface area contributed by atoms with Crippen LogP contribution in [0.2, 0.25) is 0 Å². The standard InChI is InChI=1S/C18H20BrNO/c1-13-9-10-16(19)15(11-13)17(21)20-12-18(2,3)14-7-5-4-6-8-14/h4-11H,12H2,1-3H3,(H,20,21). The molecule has 2 rings (SSSR count). The van der Waals surface area contributed by atoms with Crippen molar-refractivity contribution in [3.63, 3.8) is 0 Å². The van der Waals surface area contributed by atoms with Crippen LogP contribution in [0.25, 0.3) is 0 Å². The molecule has 2 aromatic rings. The predicted molar refractivity (Wildman–Crippen MR) is 90.7 cm³/mol. The maximum atomic E-state index is 12.4. The van der Waals surface area contributed by atoms with Gasteiger partial charge in [0.15, 0.2) is 0 Å². The van der Waals surface area contributed by atoms with E-state index in [-0.39, 0.29) is 11.3 Å². The molecule has 0 aliphatic rings. The predicted octanol–water partition coefficient (Wildman–Crippen LogP) is 4.47. The van der Waals surface area contributed by atoms with Crippen LogP contribution in [-0.4, -0.2) is 12.5 Å². The molecule has 0 unspecified atom stereocenters. The molecule has 1 amide bonds. The zero-order chi connectivity index (χ0) is 15.5. The molecule has 0 saturated carbocycles. The number of rotatable bonds is 4. The molecule has 0 heterocycles. The van der Waals surface area contributed by atoms with Crippen molar-refractivity contribution < 1.29 is 4.79 Å².